The van der Waals surface area contributed by atoms with Gasteiger partial charge in [-0.2, -0.15) is 8.78 Å². The van der Waals surface area contributed by atoms with E-state index in [0.29, 0.717) is 34.0 Å². The molecule has 9 heteroatoms. The van der Waals surface area contributed by atoms with Gasteiger partial charge in [-0.05, 0) is 62.4 Å². The summed E-state index contributed by atoms with van der Waals surface area (Å²) >= 11 is 0. The van der Waals surface area contributed by atoms with Crippen molar-refractivity contribution in [2.45, 2.75) is 20.5 Å². The number of esters is 1. The minimum Gasteiger partial charge on any atom is -0.497 e. The molecular formula is C26H25F2NO6. The fraction of sp³-hybridized carbons (Fsp3) is 0.231. The molecule has 0 amide bonds. The van der Waals surface area contributed by atoms with E-state index < -0.39 is 19.2 Å². The van der Waals surface area contributed by atoms with E-state index in [4.69, 9.17) is 14.2 Å². The Morgan fingerprint density at radius 2 is 1.66 bits per heavy atom. The smallest absolute Gasteiger partial charge is 0.387 e. The summed E-state index contributed by atoms with van der Waals surface area (Å²) in [5.74, 6) is 0.119. The van der Waals surface area contributed by atoms with E-state index in [0.717, 1.165) is 5.69 Å². The maximum atomic E-state index is 12.7. The first kappa shape index (κ1) is 25.5. The van der Waals surface area contributed by atoms with Crippen LogP contribution >= 0.6 is 0 Å². The molecule has 0 bridgehead atoms. The van der Waals surface area contributed by atoms with Crippen molar-refractivity contribution in [1.82, 2.24) is 4.57 Å². The van der Waals surface area contributed by atoms with Crippen molar-refractivity contribution in [2.24, 2.45) is 0 Å². The number of aromatic nitrogens is 1. The van der Waals surface area contributed by atoms with Gasteiger partial charge in [-0.1, -0.05) is 0 Å². The zero-order valence-electron chi connectivity index (χ0n) is 19.7. The van der Waals surface area contributed by atoms with E-state index in [1.807, 2.05) is 6.92 Å². The van der Waals surface area contributed by atoms with Gasteiger partial charge in [0.25, 0.3) is 0 Å². The van der Waals surface area contributed by atoms with E-state index in [1.54, 1.807) is 47.9 Å². The normalized spacial score (nSPS) is 11.1. The molecule has 3 aromatic rings. The summed E-state index contributed by atoms with van der Waals surface area (Å²) < 4.78 is 46.5. The van der Waals surface area contributed by atoms with Gasteiger partial charge in [0, 0.05) is 40.3 Å². The molecule has 0 unspecified atom stereocenters. The lowest BCUT2D eigenvalue weighted by atomic mass is 10.1. The average molecular weight is 485 g/mol. The Labute approximate surface area is 201 Å². The minimum atomic E-state index is -2.91. The van der Waals surface area contributed by atoms with Gasteiger partial charge in [-0.3, -0.25) is 4.79 Å². The second-order valence-electron chi connectivity index (χ2n) is 7.46. The highest BCUT2D eigenvalue weighted by molar-refractivity contribution is 6.00. The quantitative estimate of drug-likeness (QED) is 0.225. The van der Waals surface area contributed by atoms with Crippen LogP contribution in [0.3, 0.4) is 0 Å². The van der Waals surface area contributed by atoms with Crippen molar-refractivity contribution in [3.8, 4) is 22.9 Å². The van der Waals surface area contributed by atoms with Crippen LogP contribution in [0, 0.1) is 13.8 Å². The minimum absolute atomic E-state index is 0.0368. The van der Waals surface area contributed by atoms with Crippen LogP contribution < -0.4 is 14.2 Å². The first-order valence-corrected chi connectivity index (χ1v) is 10.6. The molecule has 0 saturated heterocycles. The summed E-state index contributed by atoms with van der Waals surface area (Å²) in [6, 6.07) is 12.9. The predicted octanol–water partition coefficient (Wildman–Crippen LogP) is 5.15. The zero-order chi connectivity index (χ0) is 25.5. The Morgan fingerprint density at radius 3 is 2.29 bits per heavy atom. The highest BCUT2D eigenvalue weighted by Gasteiger charge is 2.18. The molecule has 0 N–H and O–H groups in total. The van der Waals surface area contributed by atoms with Crippen molar-refractivity contribution in [1.29, 1.82) is 0 Å². The molecule has 0 spiro atoms. The lowest BCUT2D eigenvalue weighted by molar-refractivity contribution is -0.136. The first-order valence-electron chi connectivity index (χ1n) is 10.6. The van der Waals surface area contributed by atoms with E-state index in [2.05, 4.69) is 4.74 Å². The van der Waals surface area contributed by atoms with Crippen molar-refractivity contribution in [2.75, 3.05) is 20.8 Å². The summed E-state index contributed by atoms with van der Waals surface area (Å²) in [5, 5.41) is 0. The number of halogens is 2. The second kappa shape index (κ2) is 11.3. The molecule has 0 atom stereocenters. The third-order valence-corrected chi connectivity index (χ3v) is 5.24. The number of nitrogens with zero attached hydrogens (tertiary/aromatic N) is 1. The number of methoxy groups -OCH3 is 2. The van der Waals surface area contributed by atoms with Crippen molar-refractivity contribution in [3.05, 3.63) is 77.1 Å². The summed E-state index contributed by atoms with van der Waals surface area (Å²) in [6.07, 6.45) is 2.74. The average Bonchev–Trinajstić information content (AvgIpc) is 3.15. The summed E-state index contributed by atoms with van der Waals surface area (Å²) in [6.45, 7) is 0.219. The third-order valence-electron chi connectivity index (χ3n) is 5.24. The summed E-state index contributed by atoms with van der Waals surface area (Å²) in [4.78, 5) is 24.9. The van der Waals surface area contributed by atoms with Gasteiger partial charge in [-0.15, -0.1) is 0 Å². The number of carbonyl (C=O) groups is 2. The van der Waals surface area contributed by atoms with E-state index >= 15 is 0 Å². The molecule has 0 fully saturated rings. The highest BCUT2D eigenvalue weighted by Crippen LogP contribution is 2.26. The van der Waals surface area contributed by atoms with Crippen LogP contribution in [0.25, 0.3) is 11.8 Å². The molecule has 0 aliphatic rings. The van der Waals surface area contributed by atoms with Gasteiger partial charge >= 0.3 is 12.6 Å². The molecule has 1 heterocycles. The van der Waals surface area contributed by atoms with Gasteiger partial charge in [0.15, 0.2) is 6.61 Å². The Bertz CT molecular complexity index is 1230. The Hall–Kier alpha value is -4.14. The van der Waals surface area contributed by atoms with Crippen LogP contribution in [0.4, 0.5) is 8.78 Å². The van der Waals surface area contributed by atoms with E-state index in [1.165, 1.54) is 38.5 Å². The molecule has 35 heavy (non-hydrogen) atoms. The molecule has 1 aromatic heterocycles. The van der Waals surface area contributed by atoms with Gasteiger partial charge in [0.2, 0.25) is 5.78 Å². The number of benzene rings is 2. The van der Waals surface area contributed by atoms with Gasteiger partial charge in [0.1, 0.15) is 17.2 Å². The number of rotatable bonds is 10. The number of alkyl halides is 2. The fourth-order valence-corrected chi connectivity index (χ4v) is 3.60. The monoisotopic (exact) mass is 485 g/mol. The Kier molecular flexibility index (Phi) is 8.25. The maximum Gasteiger partial charge on any atom is 0.387 e. The van der Waals surface area contributed by atoms with Crippen molar-refractivity contribution >= 4 is 17.8 Å². The van der Waals surface area contributed by atoms with E-state index in [-0.39, 0.29) is 11.5 Å². The largest absolute Gasteiger partial charge is 0.497 e. The molecule has 184 valence electrons. The number of aryl methyl sites for hydroxylation is 1. The van der Waals surface area contributed by atoms with Crippen LogP contribution in [-0.2, 0) is 9.53 Å². The third kappa shape index (κ3) is 6.26. The second-order valence-corrected chi connectivity index (χ2v) is 7.46. The van der Waals surface area contributed by atoms with E-state index in [9.17, 15) is 18.4 Å². The summed E-state index contributed by atoms with van der Waals surface area (Å²) in [7, 11) is 3.04. The van der Waals surface area contributed by atoms with Crippen LogP contribution in [0.15, 0.2) is 54.6 Å². The molecule has 7 nitrogen and oxygen atoms in total. The lowest BCUT2D eigenvalue weighted by Gasteiger charge is -2.11. The topological polar surface area (TPSA) is 76.0 Å². The Balaban J connectivity index is 1.66. The molecule has 3 rings (SSSR count). The van der Waals surface area contributed by atoms with Crippen LogP contribution in [0.1, 0.15) is 27.3 Å². The van der Waals surface area contributed by atoms with Crippen LogP contribution in [-0.4, -0.2) is 43.8 Å². The van der Waals surface area contributed by atoms with Gasteiger partial charge < -0.3 is 23.5 Å². The molecule has 2 aromatic carbocycles. The number of hydrogen-bond donors (Lipinski definition) is 0. The molecule has 0 aliphatic carbocycles. The standard InChI is InChI=1S/C26H25F2NO6/c1-16-13-22(17(2)29(16)19-7-10-20(11-8-19)35-26(27)28)23(30)15-34-25(31)12-6-18-5-9-21(32-3)14-24(18)33-4/h5-14,26H,15H2,1-4H3. The number of hydrogen-bond acceptors (Lipinski definition) is 6. The lowest BCUT2D eigenvalue weighted by Crippen LogP contribution is -2.13. The molecular weight excluding hydrogens is 460 g/mol. The molecule has 0 saturated carbocycles. The maximum absolute atomic E-state index is 12.7. The van der Waals surface area contributed by atoms with Crippen LogP contribution in [0.5, 0.6) is 17.2 Å². The fourth-order valence-electron chi connectivity index (χ4n) is 3.60. The first-order chi connectivity index (χ1) is 16.7. The zero-order valence-corrected chi connectivity index (χ0v) is 19.7. The highest BCUT2D eigenvalue weighted by atomic mass is 19.3. The van der Waals surface area contributed by atoms with Crippen molar-refractivity contribution < 1.29 is 37.3 Å². The van der Waals surface area contributed by atoms with Gasteiger partial charge in [0.05, 0.1) is 14.2 Å². The number of ketones is 1. The Morgan fingerprint density at radius 1 is 0.971 bits per heavy atom. The number of ether oxygens (including phenoxy) is 4. The molecule has 0 aliphatic heterocycles. The summed E-state index contributed by atoms with van der Waals surface area (Å²) in [5.41, 5.74) is 3.10. The SMILES string of the molecule is COc1ccc(C=CC(=O)OCC(=O)c2cc(C)n(-c3ccc(OC(F)F)cc3)c2C)c(OC)c1. The predicted molar refractivity (Wildman–Crippen MR) is 126 cm³/mol. The van der Waals surface area contributed by atoms with Gasteiger partial charge in [-0.25, -0.2) is 4.79 Å². The number of Topliss-reactive ketones (excluding diaryl/α,β-unsaturated/α-hetero) is 1. The van der Waals surface area contributed by atoms with Crippen LogP contribution in [0.2, 0.25) is 0 Å². The van der Waals surface area contributed by atoms with Crippen molar-refractivity contribution in [3.63, 3.8) is 0 Å². The number of carbonyl (C=O) groups excluding carboxylic acids is 2. The molecule has 0 radical (unpaired) electrons.